The minimum Gasteiger partial charge on any atom is -0.370 e. The highest BCUT2D eigenvalue weighted by atomic mass is 16.5. The molecule has 2 nitrogen and oxygen atoms in total. The second-order valence-corrected chi connectivity index (χ2v) is 4.33. The number of benzene rings is 1. The van der Waals surface area contributed by atoms with E-state index in [9.17, 15) is 0 Å². The average Bonchev–Trinajstić information content (AvgIpc) is 2.28. The Labute approximate surface area is 99.0 Å². The molecule has 0 amide bonds. The molecule has 0 aliphatic rings. The van der Waals surface area contributed by atoms with E-state index in [2.05, 4.69) is 50.4 Å². The predicted molar refractivity (Wildman–Crippen MR) is 68.7 cm³/mol. The van der Waals surface area contributed by atoms with E-state index in [-0.39, 0.29) is 12.2 Å². The van der Waals surface area contributed by atoms with Gasteiger partial charge in [0.05, 0.1) is 12.2 Å². The standard InChI is InChI=1S/C14H23NO/c1-5-12-6-8-13(9-7-12)14(10-15-4)16-11(2)3/h6-9,11,14-15H,5,10H2,1-4H3/t14-/m1/s1. The SMILES string of the molecule is CCc1ccc([C@@H](CNC)OC(C)C)cc1. The van der Waals surface area contributed by atoms with E-state index in [0.717, 1.165) is 13.0 Å². The van der Waals surface area contributed by atoms with E-state index in [1.807, 2.05) is 7.05 Å². The van der Waals surface area contributed by atoms with E-state index < -0.39 is 0 Å². The number of aryl methyl sites for hydroxylation is 1. The highest BCUT2D eigenvalue weighted by molar-refractivity contribution is 5.24. The van der Waals surface area contributed by atoms with Crippen LogP contribution < -0.4 is 5.32 Å². The van der Waals surface area contributed by atoms with Crippen molar-refractivity contribution in [2.45, 2.75) is 39.4 Å². The van der Waals surface area contributed by atoms with Gasteiger partial charge in [0, 0.05) is 6.54 Å². The Kier molecular flexibility index (Phi) is 5.50. The molecule has 1 rings (SSSR count). The molecule has 0 saturated carbocycles. The fraction of sp³-hybridized carbons (Fsp3) is 0.571. The van der Waals surface area contributed by atoms with Crippen molar-refractivity contribution in [3.05, 3.63) is 35.4 Å². The Morgan fingerprint density at radius 2 is 1.81 bits per heavy atom. The maximum atomic E-state index is 5.89. The Bertz CT molecular complexity index is 292. The van der Waals surface area contributed by atoms with E-state index in [1.54, 1.807) is 0 Å². The summed E-state index contributed by atoms with van der Waals surface area (Å²) in [5.41, 5.74) is 2.62. The molecule has 2 heteroatoms. The average molecular weight is 221 g/mol. The van der Waals surface area contributed by atoms with Gasteiger partial charge in [0.15, 0.2) is 0 Å². The summed E-state index contributed by atoms with van der Waals surface area (Å²) >= 11 is 0. The van der Waals surface area contributed by atoms with Crippen molar-refractivity contribution in [2.24, 2.45) is 0 Å². The molecule has 0 spiro atoms. The number of likely N-dealkylation sites (N-methyl/N-ethyl adjacent to an activating group) is 1. The molecule has 1 N–H and O–H groups in total. The molecule has 1 atom stereocenters. The van der Waals surface area contributed by atoms with Crippen LogP contribution in [0.4, 0.5) is 0 Å². The summed E-state index contributed by atoms with van der Waals surface area (Å²) < 4.78 is 5.89. The second kappa shape index (κ2) is 6.66. The monoisotopic (exact) mass is 221 g/mol. The molecule has 0 aliphatic heterocycles. The summed E-state index contributed by atoms with van der Waals surface area (Å²) in [6.07, 6.45) is 1.49. The van der Waals surface area contributed by atoms with Crippen LogP contribution in [0.2, 0.25) is 0 Å². The molecular weight excluding hydrogens is 198 g/mol. The summed E-state index contributed by atoms with van der Waals surface area (Å²) in [6.45, 7) is 7.17. The van der Waals surface area contributed by atoms with Crippen LogP contribution >= 0.6 is 0 Å². The minimum absolute atomic E-state index is 0.149. The molecular formula is C14H23NO. The Balaban J connectivity index is 2.75. The smallest absolute Gasteiger partial charge is 0.0952 e. The lowest BCUT2D eigenvalue weighted by Gasteiger charge is -2.20. The van der Waals surface area contributed by atoms with Gasteiger partial charge in [-0.3, -0.25) is 0 Å². The van der Waals surface area contributed by atoms with E-state index >= 15 is 0 Å². The Hall–Kier alpha value is -0.860. The third kappa shape index (κ3) is 3.95. The molecule has 0 bridgehead atoms. The normalized spacial score (nSPS) is 13.1. The number of hydrogen-bond donors (Lipinski definition) is 1. The van der Waals surface area contributed by atoms with E-state index in [1.165, 1.54) is 11.1 Å². The van der Waals surface area contributed by atoms with Gasteiger partial charge in [-0.25, -0.2) is 0 Å². The molecule has 0 fully saturated rings. The zero-order valence-corrected chi connectivity index (χ0v) is 10.8. The minimum atomic E-state index is 0.149. The summed E-state index contributed by atoms with van der Waals surface area (Å²) in [4.78, 5) is 0. The first-order valence-electron chi connectivity index (χ1n) is 6.06. The quantitative estimate of drug-likeness (QED) is 0.797. The lowest BCUT2D eigenvalue weighted by atomic mass is 10.1. The van der Waals surface area contributed by atoms with Crippen molar-refractivity contribution in [3.63, 3.8) is 0 Å². The molecule has 16 heavy (non-hydrogen) atoms. The number of ether oxygens (including phenoxy) is 1. The first-order valence-corrected chi connectivity index (χ1v) is 6.06. The number of hydrogen-bond acceptors (Lipinski definition) is 2. The van der Waals surface area contributed by atoms with Crippen molar-refractivity contribution in [1.29, 1.82) is 0 Å². The van der Waals surface area contributed by atoms with Gasteiger partial charge in [-0.2, -0.15) is 0 Å². The fourth-order valence-corrected chi connectivity index (χ4v) is 1.73. The molecule has 1 aromatic rings. The fourth-order valence-electron chi connectivity index (χ4n) is 1.73. The van der Waals surface area contributed by atoms with Crippen LogP contribution in [0.3, 0.4) is 0 Å². The third-order valence-electron chi connectivity index (χ3n) is 2.59. The number of nitrogens with one attached hydrogen (secondary N) is 1. The predicted octanol–water partition coefficient (Wildman–Crippen LogP) is 2.93. The van der Waals surface area contributed by atoms with Gasteiger partial charge in [-0.1, -0.05) is 31.2 Å². The molecule has 1 aromatic carbocycles. The van der Waals surface area contributed by atoms with Gasteiger partial charge >= 0.3 is 0 Å². The van der Waals surface area contributed by atoms with Crippen LogP contribution in [0.25, 0.3) is 0 Å². The van der Waals surface area contributed by atoms with Gasteiger partial charge in [0.1, 0.15) is 0 Å². The first kappa shape index (κ1) is 13.2. The molecule has 0 saturated heterocycles. The molecule has 90 valence electrons. The van der Waals surface area contributed by atoms with Crippen molar-refractivity contribution in [3.8, 4) is 0 Å². The first-order chi connectivity index (χ1) is 7.67. The maximum Gasteiger partial charge on any atom is 0.0952 e. The van der Waals surface area contributed by atoms with E-state index in [4.69, 9.17) is 4.74 Å². The zero-order chi connectivity index (χ0) is 12.0. The second-order valence-electron chi connectivity index (χ2n) is 4.33. The van der Waals surface area contributed by atoms with Crippen LogP contribution in [0.1, 0.15) is 38.0 Å². The largest absolute Gasteiger partial charge is 0.370 e. The zero-order valence-electron chi connectivity index (χ0n) is 10.8. The molecule has 0 radical (unpaired) electrons. The summed E-state index contributed by atoms with van der Waals surface area (Å²) in [6, 6.07) is 8.70. The van der Waals surface area contributed by atoms with Crippen LogP contribution in [0.15, 0.2) is 24.3 Å². The third-order valence-corrected chi connectivity index (χ3v) is 2.59. The van der Waals surface area contributed by atoms with Crippen molar-refractivity contribution < 1.29 is 4.74 Å². The molecule has 0 unspecified atom stereocenters. The number of rotatable bonds is 6. The van der Waals surface area contributed by atoms with Crippen LogP contribution in [0, 0.1) is 0 Å². The van der Waals surface area contributed by atoms with Gasteiger partial charge in [0.2, 0.25) is 0 Å². The van der Waals surface area contributed by atoms with Crippen molar-refractivity contribution in [2.75, 3.05) is 13.6 Å². The summed E-state index contributed by atoms with van der Waals surface area (Å²) in [5, 5.41) is 3.18. The van der Waals surface area contributed by atoms with Gasteiger partial charge in [0.25, 0.3) is 0 Å². The van der Waals surface area contributed by atoms with Crippen LogP contribution in [-0.4, -0.2) is 19.7 Å². The van der Waals surface area contributed by atoms with Crippen LogP contribution in [-0.2, 0) is 11.2 Å². The lowest BCUT2D eigenvalue weighted by Crippen LogP contribution is -2.22. The molecule has 0 heterocycles. The highest BCUT2D eigenvalue weighted by Gasteiger charge is 2.12. The Morgan fingerprint density at radius 3 is 2.25 bits per heavy atom. The van der Waals surface area contributed by atoms with Crippen molar-refractivity contribution in [1.82, 2.24) is 5.32 Å². The lowest BCUT2D eigenvalue weighted by molar-refractivity contribution is 0.00813. The molecule has 0 aromatic heterocycles. The van der Waals surface area contributed by atoms with Crippen LogP contribution in [0.5, 0.6) is 0 Å². The van der Waals surface area contributed by atoms with E-state index in [0.29, 0.717) is 0 Å². The highest BCUT2D eigenvalue weighted by Crippen LogP contribution is 2.19. The van der Waals surface area contributed by atoms with Gasteiger partial charge < -0.3 is 10.1 Å². The van der Waals surface area contributed by atoms with Gasteiger partial charge in [-0.15, -0.1) is 0 Å². The Morgan fingerprint density at radius 1 is 1.19 bits per heavy atom. The maximum absolute atomic E-state index is 5.89. The van der Waals surface area contributed by atoms with Crippen molar-refractivity contribution >= 4 is 0 Å². The summed E-state index contributed by atoms with van der Waals surface area (Å²) in [7, 11) is 1.96. The molecule has 0 aliphatic carbocycles. The summed E-state index contributed by atoms with van der Waals surface area (Å²) in [5.74, 6) is 0. The van der Waals surface area contributed by atoms with Gasteiger partial charge in [-0.05, 0) is 38.4 Å². The topological polar surface area (TPSA) is 21.3 Å².